The Balaban J connectivity index is 2.70. The first-order chi connectivity index (χ1) is 5.53. The minimum atomic E-state index is 0.0144. The smallest absolute Gasteiger partial charge is 0.284 e. The molecular formula is C7H13N3OS. The van der Waals surface area contributed by atoms with E-state index in [9.17, 15) is 0 Å². The molecule has 0 aromatic carbocycles. The van der Waals surface area contributed by atoms with Crippen molar-refractivity contribution in [1.29, 1.82) is 0 Å². The lowest BCUT2D eigenvalue weighted by atomic mass is 9.90. The zero-order chi connectivity index (χ0) is 9.19. The van der Waals surface area contributed by atoms with Crippen molar-refractivity contribution >= 4 is 12.2 Å². The van der Waals surface area contributed by atoms with Crippen molar-refractivity contribution in [3.8, 4) is 0 Å². The Morgan fingerprint density at radius 2 is 2.33 bits per heavy atom. The van der Waals surface area contributed by atoms with Gasteiger partial charge in [0.15, 0.2) is 0 Å². The van der Waals surface area contributed by atoms with Crippen molar-refractivity contribution in [2.24, 2.45) is 11.1 Å². The maximum absolute atomic E-state index is 5.56. The van der Waals surface area contributed by atoms with E-state index >= 15 is 0 Å². The molecule has 0 amide bonds. The van der Waals surface area contributed by atoms with Crippen LogP contribution in [0.5, 0.6) is 0 Å². The maximum Gasteiger partial charge on any atom is 0.284 e. The summed E-state index contributed by atoms with van der Waals surface area (Å²) in [6, 6.07) is 0. The van der Waals surface area contributed by atoms with Crippen LogP contribution in [0.15, 0.2) is 4.42 Å². The van der Waals surface area contributed by atoms with Gasteiger partial charge in [0, 0.05) is 6.42 Å². The topological polar surface area (TPSA) is 67.8 Å². The van der Waals surface area contributed by atoms with E-state index in [0.29, 0.717) is 23.7 Å². The Morgan fingerprint density at radius 3 is 2.75 bits per heavy atom. The molecule has 0 aliphatic heterocycles. The largest absolute Gasteiger partial charge is 0.414 e. The van der Waals surface area contributed by atoms with E-state index in [1.165, 1.54) is 0 Å². The molecule has 5 heteroatoms. The van der Waals surface area contributed by atoms with Gasteiger partial charge in [-0.05, 0) is 24.2 Å². The van der Waals surface area contributed by atoms with Gasteiger partial charge in [0.05, 0.1) is 0 Å². The van der Waals surface area contributed by atoms with Crippen molar-refractivity contribution in [1.82, 2.24) is 10.2 Å². The van der Waals surface area contributed by atoms with Gasteiger partial charge in [-0.15, -0.1) is 5.10 Å². The molecular weight excluding hydrogens is 174 g/mol. The van der Waals surface area contributed by atoms with E-state index in [4.69, 9.17) is 22.4 Å². The molecule has 3 N–H and O–H groups in total. The highest BCUT2D eigenvalue weighted by Crippen LogP contribution is 2.18. The van der Waals surface area contributed by atoms with Crippen molar-refractivity contribution in [3.63, 3.8) is 0 Å². The van der Waals surface area contributed by atoms with Crippen molar-refractivity contribution in [3.05, 3.63) is 10.7 Å². The molecule has 12 heavy (non-hydrogen) atoms. The van der Waals surface area contributed by atoms with Gasteiger partial charge in [0.1, 0.15) is 0 Å². The maximum atomic E-state index is 5.56. The highest BCUT2D eigenvalue weighted by molar-refractivity contribution is 7.71. The molecule has 68 valence electrons. The summed E-state index contributed by atoms with van der Waals surface area (Å²) in [6.45, 7) is 4.71. The first-order valence-corrected chi connectivity index (χ1v) is 4.19. The molecule has 0 bridgehead atoms. The third-order valence-electron chi connectivity index (χ3n) is 1.66. The molecule has 0 saturated heterocycles. The summed E-state index contributed by atoms with van der Waals surface area (Å²) in [7, 11) is 0. The second-order valence-corrected chi connectivity index (χ2v) is 3.92. The molecule has 4 nitrogen and oxygen atoms in total. The number of hydrogen-bond acceptors (Lipinski definition) is 4. The van der Waals surface area contributed by atoms with Crippen LogP contribution in [0.4, 0.5) is 0 Å². The number of aromatic nitrogens is 2. The van der Waals surface area contributed by atoms with Gasteiger partial charge in [0.2, 0.25) is 5.89 Å². The van der Waals surface area contributed by atoms with E-state index in [2.05, 4.69) is 24.0 Å². The predicted molar refractivity (Wildman–Crippen MR) is 48.2 cm³/mol. The van der Waals surface area contributed by atoms with E-state index in [1.807, 2.05) is 0 Å². The standard InChI is InChI=1S/C7H13N3OS/c1-7(2,4-8)3-5-9-10-6(12)11-5/h3-4,8H2,1-2H3,(H,10,12). The van der Waals surface area contributed by atoms with Crippen LogP contribution in [-0.2, 0) is 6.42 Å². The number of nitrogens with two attached hydrogens (primary N) is 1. The fraction of sp³-hybridized carbons (Fsp3) is 0.714. The third-order valence-corrected chi connectivity index (χ3v) is 1.84. The molecule has 0 spiro atoms. The van der Waals surface area contributed by atoms with Gasteiger partial charge in [-0.2, -0.15) is 0 Å². The predicted octanol–water partition coefficient (Wildman–Crippen LogP) is 1.26. The number of nitrogens with one attached hydrogen (secondary N) is 1. The van der Waals surface area contributed by atoms with Crippen LogP contribution in [0.3, 0.4) is 0 Å². The number of aromatic amines is 1. The van der Waals surface area contributed by atoms with E-state index in [1.54, 1.807) is 0 Å². The lowest BCUT2D eigenvalue weighted by Gasteiger charge is -2.19. The molecule has 1 aromatic heterocycles. The molecule has 1 rings (SSSR count). The third kappa shape index (κ3) is 2.42. The van der Waals surface area contributed by atoms with Crippen molar-refractivity contribution in [2.75, 3.05) is 6.54 Å². The molecule has 1 aromatic rings. The molecule has 0 aliphatic rings. The first-order valence-electron chi connectivity index (χ1n) is 3.78. The summed E-state index contributed by atoms with van der Waals surface area (Å²) in [5, 5.41) is 6.47. The second-order valence-electron chi connectivity index (χ2n) is 3.55. The summed E-state index contributed by atoms with van der Waals surface area (Å²) in [4.78, 5) is 0.317. The number of hydrogen-bond donors (Lipinski definition) is 2. The molecule has 0 fully saturated rings. The van der Waals surface area contributed by atoms with Crippen LogP contribution in [-0.4, -0.2) is 16.7 Å². The van der Waals surface area contributed by atoms with Crippen LogP contribution < -0.4 is 5.73 Å². The van der Waals surface area contributed by atoms with Gasteiger partial charge in [-0.3, -0.25) is 0 Å². The Bertz CT molecular complexity index is 302. The van der Waals surface area contributed by atoms with Gasteiger partial charge < -0.3 is 10.2 Å². The normalized spacial score (nSPS) is 11.9. The lowest BCUT2D eigenvalue weighted by molar-refractivity contribution is 0.329. The minimum absolute atomic E-state index is 0.0144. The lowest BCUT2D eigenvalue weighted by Crippen LogP contribution is -2.26. The number of H-pyrrole nitrogens is 1. The van der Waals surface area contributed by atoms with Crippen LogP contribution >= 0.6 is 12.2 Å². The summed E-state index contributed by atoms with van der Waals surface area (Å²) in [6.07, 6.45) is 0.705. The second kappa shape index (κ2) is 3.37. The number of nitrogens with zero attached hydrogens (tertiary/aromatic N) is 1. The van der Waals surface area contributed by atoms with E-state index in [0.717, 1.165) is 0 Å². The Hall–Kier alpha value is -0.680. The Kier molecular flexibility index (Phi) is 2.64. The molecule has 0 radical (unpaired) electrons. The Morgan fingerprint density at radius 1 is 1.67 bits per heavy atom. The SMILES string of the molecule is CC(C)(CN)Cc1n[nH]c(=S)o1. The fourth-order valence-electron chi connectivity index (χ4n) is 0.818. The van der Waals surface area contributed by atoms with Gasteiger partial charge in [0.25, 0.3) is 4.84 Å². The quantitative estimate of drug-likeness (QED) is 0.699. The molecule has 0 unspecified atom stereocenters. The first kappa shape index (κ1) is 9.41. The molecule has 1 heterocycles. The number of rotatable bonds is 3. The minimum Gasteiger partial charge on any atom is -0.414 e. The molecule has 0 aliphatic carbocycles. The van der Waals surface area contributed by atoms with E-state index in [-0.39, 0.29) is 5.41 Å². The summed E-state index contributed by atoms with van der Waals surface area (Å²) < 4.78 is 5.11. The average molecular weight is 187 g/mol. The van der Waals surface area contributed by atoms with E-state index < -0.39 is 0 Å². The van der Waals surface area contributed by atoms with Gasteiger partial charge in [-0.1, -0.05) is 13.8 Å². The van der Waals surface area contributed by atoms with Crippen molar-refractivity contribution in [2.45, 2.75) is 20.3 Å². The van der Waals surface area contributed by atoms with Gasteiger partial charge in [-0.25, -0.2) is 5.10 Å². The fourth-order valence-corrected chi connectivity index (χ4v) is 0.960. The Labute approximate surface area is 76.2 Å². The van der Waals surface area contributed by atoms with Crippen molar-refractivity contribution < 1.29 is 4.42 Å². The zero-order valence-corrected chi connectivity index (χ0v) is 8.07. The molecule has 0 saturated carbocycles. The molecule has 0 atom stereocenters. The van der Waals surface area contributed by atoms with Gasteiger partial charge >= 0.3 is 0 Å². The summed E-state index contributed by atoms with van der Waals surface area (Å²) in [5.41, 5.74) is 5.57. The monoisotopic (exact) mass is 187 g/mol. The van der Waals surface area contributed by atoms with Crippen LogP contribution in [0.1, 0.15) is 19.7 Å². The summed E-state index contributed by atoms with van der Waals surface area (Å²) in [5.74, 6) is 0.621. The van der Waals surface area contributed by atoms with Crippen LogP contribution in [0.2, 0.25) is 0 Å². The average Bonchev–Trinajstić information content (AvgIpc) is 2.35. The zero-order valence-electron chi connectivity index (χ0n) is 7.26. The van der Waals surface area contributed by atoms with Crippen LogP contribution in [0.25, 0.3) is 0 Å². The highest BCUT2D eigenvalue weighted by Gasteiger charge is 2.18. The highest BCUT2D eigenvalue weighted by atomic mass is 32.1. The van der Waals surface area contributed by atoms with Crippen LogP contribution in [0, 0.1) is 10.3 Å². The summed E-state index contributed by atoms with van der Waals surface area (Å²) >= 11 is 4.74.